The zero-order valence-corrected chi connectivity index (χ0v) is 22.3. The molecule has 0 radical (unpaired) electrons. The standard InChI is InChI=1S/C30H36BFN2O4/c1-30(2)18-37-31(38-19-30)28(22-6-5-7-22)27(21-11-9-20(17-35)10-12-21)23-13-14-25-24(16-23)29(32)33-34(25)26-8-3-4-15-36-26/h9-14,16-17,22,26,29,33H,3-8,15,18-19H2,1-2H3/b28-27+. The molecule has 2 atom stereocenters. The van der Waals surface area contributed by atoms with Crippen LogP contribution in [0.1, 0.15) is 85.7 Å². The number of allylic oxidation sites excluding steroid dienone is 1. The summed E-state index contributed by atoms with van der Waals surface area (Å²) in [5, 5.41) is 1.85. The normalized spacial score (nSPS) is 26.0. The molecule has 6 nitrogen and oxygen atoms in total. The van der Waals surface area contributed by atoms with Gasteiger partial charge in [-0.3, -0.25) is 9.80 Å². The first-order valence-corrected chi connectivity index (χ1v) is 13.9. The van der Waals surface area contributed by atoms with Crippen molar-refractivity contribution in [1.82, 2.24) is 5.43 Å². The fraction of sp³-hybridized carbons (Fsp3) is 0.500. The van der Waals surface area contributed by atoms with Crippen molar-refractivity contribution >= 4 is 24.7 Å². The number of halogens is 1. The molecule has 2 saturated heterocycles. The van der Waals surface area contributed by atoms with Crippen LogP contribution in [-0.4, -0.2) is 39.5 Å². The Kier molecular flexibility index (Phi) is 7.16. The van der Waals surface area contributed by atoms with Crippen LogP contribution in [-0.2, 0) is 14.0 Å². The monoisotopic (exact) mass is 518 g/mol. The number of hydrogen-bond acceptors (Lipinski definition) is 6. The van der Waals surface area contributed by atoms with E-state index < -0.39 is 13.4 Å². The summed E-state index contributed by atoms with van der Waals surface area (Å²) in [7, 11) is -0.450. The van der Waals surface area contributed by atoms with E-state index in [1.807, 2.05) is 41.4 Å². The maximum Gasteiger partial charge on any atom is 0.490 e. The number of rotatable bonds is 6. The summed E-state index contributed by atoms with van der Waals surface area (Å²) in [6.45, 7) is 6.21. The van der Waals surface area contributed by atoms with Gasteiger partial charge < -0.3 is 14.0 Å². The van der Waals surface area contributed by atoms with Crippen molar-refractivity contribution in [3.05, 3.63) is 70.2 Å². The van der Waals surface area contributed by atoms with Crippen LogP contribution in [0.2, 0.25) is 0 Å². The topological polar surface area (TPSA) is 60.0 Å². The Hall–Kier alpha value is -2.52. The predicted molar refractivity (Wildman–Crippen MR) is 146 cm³/mol. The highest BCUT2D eigenvalue weighted by Gasteiger charge is 2.42. The van der Waals surface area contributed by atoms with Crippen molar-refractivity contribution < 1.29 is 23.2 Å². The van der Waals surface area contributed by atoms with Gasteiger partial charge in [-0.15, -0.1) is 0 Å². The van der Waals surface area contributed by atoms with Gasteiger partial charge in [0.1, 0.15) is 12.5 Å². The Morgan fingerprint density at radius 3 is 2.39 bits per heavy atom. The average molecular weight is 518 g/mol. The summed E-state index contributed by atoms with van der Waals surface area (Å²) >= 11 is 0. The molecule has 3 heterocycles. The third kappa shape index (κ3) is 4.95. The fourth-order valence-electron chi connectivity index (χ4n) is 5.89. The largest absolute Gasteiger partial charge is 0.490 e. The van der Waals surface area contributed by atoms with Crippen molar-refractivity contribution in [2.24, 2.45) is 11.3 Å². The highest BCUT2D eigenvalue weighted by molar-refractivity contribution is 6.56. The lowest BCUT2D eigenvalue weighted by Crippen LogP contribution is -2.45. The zero-order valence-electron chi connectivity index (χ0n) is 22.3. The summed E-state index contributed by atoms with van der Waals surface area (Å²) in [5.74, 6) is 0.335. The number of alkyl halides is 1. The molecule has 1 aliphatic carbocycles. The van der Waals surface area contributed by atoms with Crippen LogP contribution in [0.25, 0.3) is 5.57 Å². The molecular weight excluding hydrogens is 482 g/mol. The van der Waals surface area contributed by atoms with Crippen LogP contribution >= 0.6 is 0 Å². The number of hydrogen-bond donors (Lipinski definition) is 1. The molecular formula is C30H36BFN2O4. The predicted octanol–water partition coefficient (Wildman–Crippen LogP) is 6.02. The smallest absolute Gasteiger partial charge is 0.407 e. The van der Waals surface area contributed by atoms with Gasteiger partial charge in [-0.25, -0.2) is 4.39 Å². The van der Waals surface area contributed by atoms with E-state index in [1.165, 1.54) is 6.42 Å². The minimum Gasteiger partial charge on any atom is -0.407 e. The van der Waals surface area contributed by atoms with E-state index in [4.69, 9.17) is 14.0 Å². The first-order chi connectivity index (χ1) is 18.4. The van der Waals surface area contributed by atoms with Crippen LogP contribution in [0, 0.1) is 11.3 Å². The summed E-state index contributed by atoms with van der Waals surface area (Å²) in [4.78, 5) is 11.4. The molecule has 0 bridgehead atoms. The molecule has 2 unspecified atom stereocenters. The average Bonchev–Trinajstić information content (AvgIpc) is 3.24. The number of benzene rings is 2. The third-order valence-electron chi connectivity index (χ3n) is 8.22. The number of ether oxygens (including phenoxy) is 1. The summed E-state index contributed by atoms with van der Waals surface area (Å²) in [5.41, 5.74) is 9.04. The highest BCUT2D eigenvalue weighted by atomic mass is 19.1. The van der Waals surface area contributed by atoms with Gasteiger partial charge in [0, 0.05) is 36.4 Å². The summed E-state index contributed by atoms with van der Waals surface area (Å²) in [6, 6.07) is 13.7. The third-order valence-corrected chi connectivity index (χ3v) is 8.22. The molecule has 3 fully saturated rings. The molecule has 6 rings (SSSR count). The Bertz CT molecular complexity index is 1200. The van der Waals surface area contributed by atoms with Crippen LogP contribution in [0.5, 0.6) is 0 Å². The first kappa shape index (κ1) is 25.7. The highest BCUT2D eigenvalue weighted by Crippen LogP contribution is 2.45. The Morgan fingerprint density at radius 2 is 1.76 bits per heavy atom. The van der Waals surface area contributed by atoms with E-state index in [0.717, 1.165) is 66.3 Å². The number of anilines is 1. The van der Waals surface area contributed by atoms with Gasteiger partial charge in [-0.2, -0.15) is 5.43 Å². The first-order valence-electron chi connectivity index (χ1n) is 13.9. The van der Waals surface area contributed by atoms with E-state index in [-0.39, 0.29) is 11.6 Å². The number of nitrogens with one attached hydrogen (secondary N) is 1. The van der Waals surface area contributed by atoms with Crippen LogP contribution < -0.4 is 10.4 Å². The lowest BCUT2D eigenvalue weighted by Gasteiger charge is -2.39. The SMILES string of the molecule is CC1(C)COB(/C(=C(\c2ccc(C=O)cc2)c2ccc3c(c2)C(F)NN3C2CCCCO2)C2CCC2)OC1. The maximum absolute atomic E-state index is 15.4. The Labute approximate surface area is 224 Å². The molecule has 8 heteroatoms. The van der Waals surface area contributed by atoms with Crippen LogP contribution in [0.4, 0.5) is 10.1 Å². The lowest BCUT2D eigenvalue weighted by molar-refractivity contribution is 0.00520. The number of aldehydes is 1. The summed E-state index contributed by atoms with van der Waals surface area (Å²) in [6.07, 6.45) is 5.66. The van der Waals surface area contributed by atoms with Crippen molar-refractivity contribution in [3.8, 4) is 0 Å². The number of nitrogens with zero attached hydrogens (tertiary/aromatic N) is 1. The number of hydrazine groups is 1. The second kappa shape index (κ2) is 10.6. The zero-order chi connectivity index (χ0) is 26.3. The number of carbonyl (C=O) groups excluding carboxylic acids is 1. The van der Waals surface area contributed by atoms with Crippen LogP contribution in [0.3, 0.4) is 0 Å². The molecule has 200 valence electrons. The molecule has 1 saturated carbocycles. The fourth-order valence-corrected chi connectivity index (χ4v) is 5.89. The molecule has 38 heavy (non-hydrogen) atoms. The number of carbonyl (C=O) groups is 1. The minimum absolute atomic E-state index is 0.0433. The van der Waals surface area contributed by atoms with Crippen molar-refractivity contribution in [2.75, 3.05) is 24.8 Å². The molecule has 3 aliphatic heterocycles. The van der Waals surface area contributed by atoms with Crippen molar-refractivity contribution in [3.63, 3.8) is 0 Å². The molecule has 2 aromatic rings. The van der Waals surface area contributed by atoms with Gasteiger partial charge in [0.15, 0.2) is 6.30 Å². The van der Waals surface area contributed by atoms with E-state index in [9.17, 15) is 4.79 Å². The summed E-state index contributed by atoms with van der Waals surface area (Å²) < 4.78 is 34.1. The van der Waals surface area contributed by atoms with Crippen LogP contribution in [0.15, 0.2) is 47.9 Å². The van der Waals surface area contributed by atoms with E-state index in [2.05, 4.69) is 25.3 Å². The second-order valence-electron chi connectivity index (χ2n) is 11.8. The Balaban J connectivity index is 1.45. The van der Waals surface area contributed by atoms with E-state index in [0.29, 0.717) is 36.9 Å². The molecule has 4 aliphatic rings. The van der Waals surface area contributed by atoms with Gasteiger partial charge in [-0.1, -0.05) is 50.6 Å². The Morgan fingerprint density at radius 1 is 1.03 bits per heavy atom. The van der Waals surface area contributed by atoms with Crippen molar-refractivity contribution in [1.29, 1.82) is 0 Å². The van der Waals surface area contributed by atoms with Crippen molar-refractivity contribution in [2.45, 2.75) is 64.9 Å². The van der Waals surface area contributed by atoms with Gasteiger partial charge in [-0.05, 0) is 72.3 Å². The van der Waals surface area contributed by atoms with Gasteiger partial charge in [0.2, 0.25) is 0 Å². The maximum atomic E-state index is 15.4. The second-order valence-corrected chi connectivity index (χ2v) is 11.8. The molecule has 0 spiro atoms. The van der Waals surface area contributed by atoms with Gasteiger partial charge in [0.25, 0.3) is 0 Å². The van der Waals surface area contributed by atoms with Gasteiger partial charge in [0.05, 0.1) is 5.69 Å². The quantitative estimate of drug-likeness (QED) is 0.287. The number of fused-ring (bicyclic) bond motifs is 1. The van der Waals surface area contributed by atoms with E-state index in [1.54, 1.807) is 0 Å². The molecule has 0 aromatic heterocycles. The lowest BCUT2D eigenvalue weighted by atomic mass is 9.59. The van der Waals surface area contributed by atoms with Gasteiger partial charge >= 0.3 is 7.12 Å². The minimum atomic E-state index is -1.32. The molecule has 2 aromatic carbocycles. The van der Waals surface area contributed by atoms with E-state index >= 15 is 4.39 Å². The molecule has 0 amide bonds. The molecule has 1 N–H and O–H groups in total.